The van der Waals surface area contributed by atoms with Crippen LogP contribution in [0.15, 0.2) is 36.7 Å². The van der Waals surface area contributed by atoms with Gasteiger partial charge in [0.05, 0.1) is 22.3 Å². The third-order valence-corrected chi connectivity index (χ3v) is 5.20. The number of nitrogens with one attached hydrogen (secondary N) is 2. The van der Waals surface area contributed by atoms with E-state index in [2.05, 4.69) is 25.5 Å². The predicted octanol–water partition coefficient (Wildman–Crippen LogP) is 4.66. The summed E-state index contributed by atoms with van der Waals surface area (Å²) in [7, 11) is 0. The summed E-state index contributed by atoms with van der Waals surface area (Å²) in [4.78, 5) is 27.4. The molecule has 1 unspecified atom stereocenters. The molecule has 8 nitrogen and oxygen atoms in total. The number of rotatable bonds is 4. The Morgan fingerprint density at radius 1 is 1.25 bits per heavy atom. The molecule has 1 atom stereocenters. The normalized spacial score (nSPS) is 16.3. The summed E-state index contributed by atoms with van der Waals surface area (Å²) in [6.45, 7) is 6.80. The number of alkyl carbamates (subject to hydrolysis) is 1. The van der Waals surface area contributed by atoms with Gasteiger partial charge in [-0.1, -0.05) is 17.7 Å². The quantitative estimate of drug-likeness (QED) is 0.587. The van der Waals surface area contributed by atoms with Gasteiger partial charge in [-0.05, 0) is 51.5 Å². The van der Waals surface area contributed by atoms with Gasteiger partial charge in [-0.25, -0.2) is 24.1 Å². The highest BCUT2D eigenvalue weighted by Crippen LogP contribution is 2.29. The largest absolute Gasteiger partial charge is 0.444 e. The first kappa shape index (κ1) is 22.0. The Labute approximate surface area is 190 Å². The number of pyridine rings is 1. The van der Waals surface area contributed by atoms with E-state index in [1.54, 1.807) is 12.1 Å². The van der Waals surface area contributed by atoms with Crippen LogP contribution in [0, 0.1) is 5.82 Å². The maximum Gasteiger partial charge on any atom is 0.407 e. The van der Waals surface area contributed by atoms with Crippen LogP contribution in [0.2, 0.25) is 5.02 Å². The third-order valence-electron chi connectivity index (χ3n) is 4.90. The van der Waals surface area contributed by atoms with E-state index in [-0.39, 0.29) is 16.8 Å². The van der Waals surface area contributed by atoms with Crippen LogP contribution in [0.1, 0.15) is 27.2 Å². The topological polar surface area (TPSA) is 92.3 Å². The molecule has 0 radical (unpaired) electrons. The fourth-order valence-corrected chi connectivity index (χ4v) is 3.66. The highest BCUT2D eigenvalue weighted by atomic mass is 35.5. The molecular formula is C22H24ClFN6O2. The molecule has 32 heavy (non-hydrogen) atoms. The molecule has 2 aromatic heterocycles. The number of benzene rings is 1. The fourth-order valence-electron chi connectivity index (χ4n) is 3.49. The van der Waals surface area contributed by atoms with Crippen LogP contribution in [-0.2, 0) is 4.74 Å². The number of carbonyl (C=O) groups excluding carboxylic acids is 1. The monoisotopic (exact) mass is 458 g/mol. The van der Waals surface area contributed by atoms with E-state index >= 15 is 0 Å². The fraction of sp³-hybridized carbons (Fsp3) is 0.364. The van der Waals surface area contributed by atoms with Crippen molar-refractivity contribution in [2.24, 2.45) is 0 Å². The maximum atomic E-state index is 14.4. The van der Waals surface area contributed by atoms with Crippen LogP contribution >= 0.6 is 11.6 Å². The summed E-state index contributed by atoms with van der Waals surface area (Å²) in [5.74, 6) is 0.531. The van der Waals surface area contributed by atoms with Crippen molar-refractivity contribution in [2.45, 2.75) is 38.8 Å². The lowest BCUT2D eigenvalue weighted by Gasteiger charge is -2.22. The number of fused-ring (bicyclic) bond motifs is 1. The van der Waals surface area contributed by atoms with E-state index in [0.29, 0.717) is 23.4 Å². The molecule has 168 valence electrons. The molecule has 1 aliphatic heterocycles. The van der Waals surface area contributed by atoms with E-state index in [1.165, 1.54) is 12.4 Å². The maximum absolute atomic E-state index is 14.4. The van der Waals surface area contributed by atoms with Crippen molar-refractivity contribution in [2.75, 3.05) is 23.3 Å². The highest BCUT2D eigenvalue weighted by molar-refractivity contribution is 6.31. The third kappa shape index (κ3) is 4.99. The molecule has 3 heterocycles. The van der Waals surface area contributed by atoms with Gasteiger partial charge in [0.1, 0.15) is 23.3 Å². The summed E-state index contributed by atoms with van der Waals surface area (Å²) < 4.78 is 19.7. The lowest BCUT2D eigenvalue weighted by atomic mass is 10.2. The summed E-state index contributed by atoms with van der Waals surface area (Å²) in [5.41, 5.74) is 0.783. The zero-order valence-corrected chi connectivity index (χ0v) is 18.8. The van der Waals surface area contributed by atoms with E-state index in [9.17, 15) is 9.18 Å². The molecule has 1 fully saturated rings. The van der Waals surface area contributed by atoms with Crippen molar-refractivity contribution in [1.82, 2.24) is 20.3 Å². The van der Waals surface area contributed by atoms with Gasteiger partial charge in [-0.2, -0.15) is 0 Å². The Morgan fingerprint density at radius 3 is 2.84 bits per heavy atom. The Balaban J connectivity index is 1.53. The van der Waals surface area contributed by atoms with Gasteiger partial charge in [-0.3, -0.25) is 0 Å². The molecule has 0 spiro atoms. The van der Waals surface area contributed by atoms with E-state index < -0.39 is 17.5 Å². The first-order valence-corrected chi connectivity index (χ1v) is 10.6. The Morgan fingerprint density at radius 2 is 2.06 bits per heavy atom. The van der Waals surface area contributed by atoms with Gasteiger partial charge in [-0.15, -0.1) is 0 Å². The smallest absolute Gasteiger partial charge is 0.407 e. The molecule has 2 N–H and O–H groups in total. The zero-order chi connectivity index (χ0) is 22.9. The highest BCUT2D eigenvalue weighted by Gasteiger charge is 2.27. The lowest BCUT2D eigenvalue weighted by molar-refractivity contribution is 0.0509. The number of hydrogen-bond acceptors (Lipinski definition) is 7. The van der Waals surface area contributed by atoms with E-state index in [4.69, 9.17) is 21.3 Å². The summed E-state index contributed by atoms with van der Waals surface area (Å²) in [6.07, 6.45) is 1.73. The van der Waals surface area contributed by atoms with Gasteiger partial charge in [0.2, 0.25) is 0 Å². The molecule has 1 aliphatic rings. The number of nitrogens with zero attached hydrogens (tertiary/aromatic N) is 4. The van der Waals surface area contributed by atoms with E-state index in [0.717, 1.165) is 18.8 Å². The first-order valence-electron chi connectivity index (χ1n) is 10.3. The number of hydrogen-bond donors (Lipinski definition) is 2. The molecule has 10 heteroatoms. The van der Waals surface area contributed by atoms with Gasteiger partial charge in [0.25, 0.3) is 0 Å². The van der Waals surface area contributed by atoms with Gasteiger partial charge >= 0.3 is 6.09 Å². The number of carbonyl (C=O) groups is 1. The van der Waals surface area contributed by atoms with Gasteiger partial charge in [0, 0.05) is 13.1 Å². The minimum absolute atomic E-state index is 0.0163. The van der Waals surface area contributed by atoms with Gasteiger partial charge < -0.3 is 20.3 Å². The molecular weight excluding hydrogens is 435 g/mol. The Hall–Kier alpha value is -3.20. The van der Waals surface area contributed by atoms with E-state index in [1.807, 2.05) is 32.9 Å². The summed E-state index contributed by atoms with van der Waals surface area (Å²) >= 11 is 5.89. The van der Waals surface area contributed by atoms with Crippen LogP contribution in [0.4, 0.5) is 26.5 Å². The molecule has 0 bridgehead atoms. The van der Waals surface area contributed by atoms with Gasteiger partial charge in [0.15, 0.2) is 11.6 Å². The number of anilines is 3. The average Bonchev–Trinajstić information content (AvgIpc) is 3.18. The number of halogens is 2. The summed E-state index contributed by atoms with van der Waals surface area (Å²) in [5, 5.41) is 5.89. The van der Waals surface area contributed by atoms with Crippen LogP contribution < -0.4 is 15.5 Å². The molecule has 4 rings (SSSR count). The molecule has 1 saturated heterocycles. The molecule has 3 aromatic rings. The van der Waals surface area contributed by atoms with Crippen molar-refractivity contribution in [3.63, 3.8) is 0 Å². The minimum atomic E-state index is -0.562. The standard InChI is InChI=1S/C22H24ClFN6O2/c1-22(2,3)32-21(31)27-13-9-10-30(11-13)17-8-7-16-19(29-17)20(26-12-25-16)28-15-6-4-5-14(23)18(15)24/h4-8,12-13H,9-11H2,1-3H3,(H,27,31)(H,25,26,28). The number of amides is 1. The second-order valence-electron chi connectivity index (χ2n) is 8.56. The van der Waals surface area contributed by atoms with Crippen LogP contribution in [0.25, 0.3) is 11.0 Å². The molecule has 0 aliphatic carbocycles. The summed E-state index contributed by atoms with van der Waals surface area (Å²) in [6, 6.07) is 8.37. The SMILES string of the molecule is CC(C)(C)OC(=O)NC1CCN(c2ccc3ncnc(Nc4cccc(Cl)c4F)c3n2)C1. The molecule has 1 amide bonds. The molecule has 1 aromatic carbocycles. The van der Waals surface area contributed by atoms with Crippen molar-refractivity contribution in [3.05, 3.63) is 47.5 Å². The van der Waals surface area contributed by atoms with Crippen molar-refractivity contribution in [3.8, 4) is 0 Å². The Bertz CT molecular complexity index is 1150. The van der Waals surface area contributed by atoms with Crippen molar-refractivity contribution >= 4 is 46.1 Å². The van der Waals surface area contributed by atoms with Crippen LogP contribution in [0.5, 0.6) is 0 Å². The second kappa shape index (κ2) is 8.74. The number of aromatic nitrogens is 3. The zero-order valence-electron chi connectivity index (χ0n) is 18.0. The predicted molar refractivity (Wildman–Crippen MR) is 122 cm³/mol. The van der Waals surface area contributed by atoms with Crippen molar-refractivity contribution in [1.29, 1.82) is 0 Å². The average molecular weight is 459 g/mol. The Kier molecular flexibility index (Phi) is 6.01. The lowest BCUT2D eigenvalue weighted by Crippen LogP contribution is -2.40. The second-order valence-corrected chi connectivity index (χ2v) is 8.97. The van der Waals surface area contributed by atoms with Crippen LogP contribution in [-0.4, -0.2) is 45.8 Å². The molecule has 0 saturated carbocycles. The minimum Gasteiger partial charge on any atom is -0.444 e. The van der Waals surface area contributed by atoms with Crippen molar-refractivity contribution < 1.29 is 13.9 Å². The first-order chi connectivity index (χ1) is 15.2. The number of ether oxygens (including phenoxy) is 1. The van der Waals surface area contributed by atoms with Crippen LogP contribution in [0.3, 0.4) is 0 Å².